The van der Waals surface area contributed by atoms with Gasteiger partial charge >= 0.3 is 5.97 Å². The average molecular weight is 288 g/mol. The molecule has 1 rings (SSSR count). The van der Waals surface area contributed by atoms with Gasteiger partial charge in [0.05, 0.1) is 11.3 Å². The largest absolute Gasteiger partial charge is 0.478 e. The number of anilines is 2. The van der Waals surface area contributed by atoms with Gasteiger partial charge in [0, 0.05) is 18.7 Å². The number of carbonyl (C=O) groups is 3. The topological polar surface area (TPSA) is 95.5 Å². The summed E-state index contributed by atoms with van der Waals surface area (Å²) in [5.41, 5.74) is 0.406. The van der Waals surface area contributed by atoms with Gasteiger partial charge in [-0.3, -0.25) is 9.59 Å². The summed E-state index contributed by atoms with van der Waals surface area (Å²) in [5.74, 6) is -1.95. The number of carboxylic acids is 1. The van der Waals surface area contributed by atoms with E-state index in [0.717, 1.165) is 0 Å². The number of hydrogen-bond acceptors (Lipinski definition) is 3. The van der Waals surface area contributed by atoms with Crippen LogP contribution in [0.1, 0.15) is 24.2 Å². The molecule has 0 fully saturated rings. The molecule has 21 heavy (non-hydrogen) atoms. The first kappa shape index (κ1) is 16.2. The molecule has 0 radical (unpaired) electrons. The quantitative estimate of drug-likeness (QED) is 0.572. The Labute approximate surface area is 122 Å². The van der Waals surface area contributed by atoms with Crippen molar-refractivity contribution in [1.29, 1.82) is 0 Å². The predicted octanol–water partition coefficient (Wildman–Crippen LogP) is 2.41. The lowest BCUT2D eigenvalue weighted by Gasteiger charge is -2.09. The summed E-state index contributed by atoms with van der Waals surface area (Å²) in [6.45, 7) is 3.13. The molecule has 2 amide bonds. The normalized spacial score (nSPS) is 10.8. The van der Waals surface area contributed by atoms with Crippen molar-refractivity contribution in [3.05, 3.63) is 48.1 Å². The Balaban J connectivity index is 2.98. The Hall–Kier alpha value is -2.89. The van der Waals surface area contributed by atoms with Crippen LogP contribution in [-0.2, 0) is 9.59 Å². The van der Waals surface area contributed by atoms with Gasteiger partial charge in [-0.15, -0.1) is 0 Å². The molecule has 0 unspecified atom stereocenters. The first-order valence-corrected chi connectivity index (χ1v) is 6.19. The third-order valence-corrected chi connectivity index (χ3v) is 2.38. The van der Waals surface area contributed by atoms with Crippen LogP contribution in [0.5, 0.6) is 0 Å². The highest BCUT2D eigenvalue weighted by molar-refractivity contribution is 6.05. The monoisotopic (exact) mass is 288 g/mol. The standard InChI is InChI=1S/C15H16N2O4/c1-3-4-5-6-14(19)17-13-8-7-11(16-10(2)18)9-12(13)15(20)21/h3-9H,1-2H3,(H,16,18)(H,17,19)(H,20,21)/b4-3+,6-5+. The van der Waals surface area contributed by atoms with Gasteiger partial charge in [0.15, 0.2) is 0 Å². The van der Waals surface area contributed by atoms with Crippen LogP contribution in [0.15, 0.2) is 42.5 Å². The molecule has 0 aromatic heterocycles. The Morgan fingerprint density at radius 3 is 2.43 bits per heavy atom. The van der Waals surface area contributed by atoms with Crippen LogP contribution >= 0.6 is 0 Å². The van der Waals surface area contributed by atoms with Crippen molar-refractivity contribution in [2.45, 2.75) is 13.8 Å². The van der Waals surface area contributed by atoms with Crippen LogP contribution < -0.4 is 10.6 Å². The van der Waals surface area contributed by atoms with E-state index in [1.54, 1.807) is 18.2 Å². The zero-order valence-electron chi connectivity index (χ0n) is 11.7. The molecule has 1 aromatic carbocycles. The molecule has 0 aliphatic heterocycles. The fourth-order valence-electron chi connectivity index (χ4n) is 1.54. The first-order valence-electron chi connectivity index (χ1n) is 6.19. The summed E-state index contributed by atoms with van der Waals surface area (Å²) in [6.07, 6.45) is 6.26. The predicted molar refractivity (Wildman–Crippen MR) is 80.3 cm³/mol. The summed E-state index contributed by atoms with van der Waals surface area (Å²) in [4.78, 5) is 33.8. The van der Waals surface area contributed by atoms with Crippen LogP contribution in [0.25, 0.3) is 0 Å². The molecule has 0 bridgehead atoms. The summed E-state index contributed by atoms with van der Waals surface area (Å²) in [5, 5.41) is 14.1. The number of carbonyl (C=O) groups excluding carboxylic acids is 2. The van der Waals surface area contributed by atoms with Gasteiger partial charge < -0.3 is 15.7 Å². The average Bonchev–Trinajstić information content (AvgIpc) is 2.40. The highest BCUT2D eigenvalue weighted by Crippen LogP contribution is 2.21. The van der Waals surface area contributed by atoms with Gasteiger partial charge in [0.25, 0.3) is 0 Å². The second kappa shape index (κ2) is 7.64. The fourth-order valence-corrected chi connectivity index (χ4v) is 1.54. The van der Waals surface area contributed by atoms with Gasteiger partial charge in [0.2, 0.25) is 11.8 Å². The van der Waals surface area contributed by atoms with Gasteiger partial charge in [-0.1, -0.05) is 18.2 Å². The van der Waals surface area contributed by atoms with E-state index in [-0.39, 0.29) is 17.2 Å². The van der Waals surface area contributed by atoms with Crippen molar-refractivity contribution in [1.82, 2.24) is 0 Å². The molecule has 0 aliphatic carbocycles. The molecule has 0 saturated carbocycles. The summed E-state index contributed by atoms with van der Waals surface area (Å²) in [7, 11) is 0. The lowest BCUT2D eigenvalue weighted by molar-refractivity contribution is -0.114. The molecule has 0 atom stereocenters. The van der Waals surface area contributed by atoms with Crippen molar-refractivity contribution in [2.75, 3.05) is 10.6 Å². The molecular weight excluding hydrogens is 272 g/mol. The fraction of sp³-hybridized carbons (Fsp3) is 0.133. The van der Waals surface area contributed by atoms with Crippen LogP contribution in [0, 0.1) is 0 Å². The molecule has 6 heteroatoms. The number of allylic oxidation sites excluding steroid dienone is 3. The first-order chi connectivity index (χ1) is 9.93. The molecule has 0 spiro atoms. The molecule has 1 aromatic rings. The van der Waals surface area contributed by atoms with E-state index in [2.05, 4.69) is 10.6 Å². The number of benzene rings is 1. The van der Waals surface area contributed by atoms with Crippen LogP contribution in [0.2, 0.25) is 0 Å². The van der Waals surface area contributed by atoms with E-state index >= 15 is 0 Å². The minimum absolute atomic E-state index is 0.103. The van der Waals surface area contributed by atoms with Gasteiger partial charge in [-0.2, -0.15) is 0 Å². The van der Waals surface area contributed by atoms with Crippen molar-refractivity contribution in [3.63, 3.8) is 0 Å². The smallest absolute Gasteiger partial charge is 0.337 e. The van der Waals surface area contributed by atoms with E-state index in [1.807, 2.05) is 6.92 Å². The van der Waals surface area contributed by atoms with Crippen LogP contribution in [-0.4, -0.2) is 22.9 Å². The second-order valence-electron chi connectivity index (χ2n) is 4.12. The van der Waals surface area contributed by atoms with Gasteiger partial charge in [0.1, 0.15) is 0 Å². The van der Waals surface area contributed by atoms with E-state index in [0.29, 0.717) is 5.69 Å². The number of aromatic carboxylic acids is 1. The van der Waals surface area contributed by atoms with E-state index in [4.69, 9.17) is 5.11 Å². The third-order valence-electron chi connectivity index (χ3n) is 2.38. The Morgan fingerprint density at radius 2 is 1.86 bits per heavy atom. The lowest BCUT2D eigenvalue weighted by Crippen LogP contribution is -2.13. The van der Waals surface area contributed by atoms with Crippen molar-refractivity contribution < 1.29 is 19.5 Å². The Bertz CT molecular complexity index is 618. The van der Waals surface area contributed by atoms with Crippen molar-refractivity contribution >= 4 is 29.2 Å². The van der Waals surface area contributed by atoms with Gasteiger partial charge in [-0.25, -0.2) is 4.79 Å². The molecule has 3 N–H and O–H groups in total. The number of carboxylic acid groups (broad SMARTS) is 1. The van der Waals surface area contributed by atoms with E-state index in [1.165, 1.54) is 31.2 Å². The van der Waals surface area contributed by atoms with E-state index < -0.39 is 11.9 Å². The van der Waals surface area contributed by atoms with Gasteiger partial charge in [-0.05, 0) is 25.1 Å². The maximum absolute atomic E-state index is 11.6. The maximum Gasteiger partial charge on any atom is 0.337 e. The maximum atomic E-state index is 11.6. The molecule has 0 heterocycles. The van der Waals surface area contributed by atoms with Crippen molar-refractivity contribution in [2.24, 2.45) is 0 Å². The number of hydrogen-bond donors (Lipinski definition) is 3. The zero-order chi connectivity index (χ0) is 15.8. The summed E-state index contributed by atoms with van der Waals surface area (Å²) >= 11 is 0. The Morgan fingerprint density at radius 1 is 1.14 bits per heavy atom. The minimum Gasteiger partial charge on any atom is -0.478 e. The Kier molecular flexibility index (Phi) is 5.88. The SMILES string of the molecule is C/C=C/C=C/C(=O)Nc1ccc(NC(C)=O)cc1C(=O)O. The summed E-state index contributed by atoms with van der Waals surface area (Å²) in [6, 6.07) is 4.23. The third kappa shape index (κ3) is 5.32. The van der Waals surface area contributed by atoms with Crippen molar-refractivity contribution in [3.8, 4) is 0 Å². The van der Waals surface area contributed by atoms with Crippen LogP contribution in [0.4, 0.5) is 11.4 Å². The molecule has 0 aliphatic rings. The minimum atomic E-state index is -1.20. The number of nitrogens with one attached hydrogen (secondary N) is 2. The lowest BCUT2D eigenvalue weighted by atomic mass is 10.1. The molecular formula is C15H16N2O4. The van der Waals surface area contributed by atoms with Crippen LogP contribution in [0.3, 0.4) is 0 Å². The molecule has 0 saturated heterocycles. The molecule has 110 valence electrons. The summed E-state index contributed by atoms with van der Waals surface area (Å²) < 4.78 is 0. The number of amides is 2. The number of rotatable bonds is 5. The molecule has 6 nitrogen and oxygen atoms in total. The zero-order valence-corrected chi connectivity index (χ0v) is 11.7. The second-order valence-corrected chi connectivity index (χ2v) is 4.12. The highest BCUT2D eigenvalue weighted by Gasteiger charge is 2.13. The highest BCUT2D eigenvalue weighted by atomic mass is 16.4. The van der Waals surface area contributed by atoms with E-state index in [9.17, 15) is 14.4 Å².